The average molecular weight is 469 g/mol. The van der Waals surface area contributed by atoms with Crippen molar-refractivity contribution in [3.8, 4) is 5.75 Å². The summed E-state index contributed by atoms with van der Waals surface area (Å²) in [6, 6.07) is 10.9. The molecule has 2 amide bonds. The van der Waals surface area contributed by atoms with Crippen LogP contribution in [0.15, 0.2) is 36.4 Å². The van der Waals surface area contributed by atoms with Crippen LogP contribution in [-0.2, 0) is 10.2 Å². The Labute approximate surface area is 203 Å². The Morgan fingerprint density at radius 3 is 2.32 bits per heavy atom. The lowest BCUT2D eigenvalue weighted by molar-refractivity contribution is -0.116. The highest BCUT2D eigenvalue weighted by Crippen LogP contribution is 2.37. The first kappa shape index (κ1) is 27.4. The van der Waals surface area contributed by atoms with E-state index in [1.807, 2.05) is 31.2 Å². The van der Waals surface area contributed by atoms with E-state index in [2.05, 4.69) is 39.9 Å². The molecule has 6 nitrogen and oxygen atoms in total. The van der Waals surface area contributed by atoms with Crippen LogP contribution >= 0.6 is 0 Å². The van der Waals surface area contributed by atoms with Crippen molar-refractivity contribution in [1.82, 2.24) is 0 Å². The Morgan fingerprint density at radius 2 is 1.79 bits per heavy atom. The number of carbonyl (C=O) groups is 2. The van der Waals surface area contributed by atoms with Crippen molar-refractivity contribution in [2.24, 2.45) is 11.7 Å². The molecule has 0 heterocycles. The number of anilines is 1. The van der Waals surface area contributed by atoms with Gasteiger partial charge in [-0.3, -0.25) is 9.59 Å². The van der Waals surface area contributed by atoms with E-state index in [0.717, 1.165) is 23.1 Å². The van der Waals surface area contributed by atoms with E-state index in [1.54, 1.807) is 19.2 Å². The van der Waals surface area contributed by atoms with E-state index in [-0.39, 0.29) is 23.7 Å². The topological polar surface area (TPSA) is 102 Å². The third-order valence-electron chi connectivity index (χ3n) is 6.04. The van der Waals surface area contributed by atoms with Gasteiger partial charge >= 0.3 is 0 Å². The number of aliphatic hydroxyl groups excluding tert-OH is 1. The Hall–Kier alpha value is -2.86. The molecule has 2 rings (SSSR count). The fourth-order valence-electron chi connectivity index (χ4n) is 4.28. The molecule has 2 aromatic carbocycles. The second kappa shape index (κ2) is 11.5. The first-order valence-corrected chi connectivity index (χ1v) is 12.0. The second-order valence-corrected chi connectivity index (χ2v) is 10.4. The summed E-state index contributed by atoms with van der Waals surface area (Å²) in [4.78, 5) is 25.0. The third kappa shape index (κ3) is 7.07. The quantitative estimate of drug-likeness (QED) is 0.417. The molecule has 186 valence electrons. The van der Waals surface area contributed by atoms with Crippen molar-refractivity contribution < 1.29 is 19.4 Å². The highest BCUT2D eigenvalue weighted by atomic mass is 16.5. The Balaban J connectivity index is 2.38. The standard InChI is InChI=1S/C28H40N2O4/c1-8-24(31)18-9-11-21(25(15-18)34-7)20(13-17(2)3)16-26(32)30-23-14-19(27(29)33)10-12-22(23)28(4,5)6/h9-12,14-15,17,20,24,31H,8,13,16H2,1-7H3,(H2,29,33)(H,30,32). The minimum absolute atomic E-state index is 0.0693. The van der Waals surface area contributed by atoms with Crippen LogP contribution in [0.2, 0.25) is 0 Å². The van der Waals surface area contributed by atoms with Gasteiger partial charge in [-0.1, -0.05) is 59.7 Å². The van der Waals surface area contributed by atoms with Crippen LogP contribution in [0, 0.1) is 5.92 Å². The summed E-state index contributed by atoms with van der Waals surface area (Å²) in [7, 11) is 1.61. The van der Waals surface area contributed by atoms with Gasteiger partial charge in [0.15, 0.2) is 0 Å². The van der Waals surface area contributed by atoms with Gasteiger partial charge in [-0.2, -0.15) is 0 Å². The molecule has 4 N–H and O–H groups in total. The molecular formula is C28H40N2O4. The van der Waals surface area contributed by atoms with Crippen molar-refractivity contribution in [1.29, 1.82) is 0 Å². The highest BCUT2D eigenvalue weighted by molar-refractivity contribution is 5.97. The van der Waals surface area contributed by atoms with Crippen LogP contribution in [0.4, 0.5) is 5.69 Å². The third-order valence-corrected chi connectivity index (χ3v) is 6.04. The smallest absolute Gasteiger partial charge is 0.248 e. The zero-order chi connectivity index (χ0) is 25.6. The normalized spacial score (nSPS) is 13.4. The predicted molar refractivity (Wildman–Crippen MR) is 137 cm³/mol. The molecule has 0 saturated carbocycles. The van der Waals surface area contributed by atoms with Crippen LogP contribution in [0.25, 0.3) is 0 Å². The molecular weight excluding hydrogens is 428 g/mol. The van der Waals surface area contributed by atoms with Crippen LogP contribution in [0.5, 0.6) is 5.75 Å². The number of nitrogens with one attached hydrogen (secondary N) is 1. The lowest BCUT2D eigenvalue weighted by Crippen LogP contribution is -2.22. The zero-order valence-electron chi connectivity index (χ0n) is 21.6. The van der Waals surface area contributed by atoms with Crippen LogP contribution in [-0.4, -0.2) is 24.0 Å². The van der Waals surface area contributed by atoms with Gasteiger partial charge in [-0.05, 0) is 65.0 Å². The number of aliphatic hydroxyl groups is 1. The predicted octanol–water partition coefficient (Wildman–Crippen LogP) is 5.69. The van der Waals surface area contributed by atoms with E-state index < -0.39 is 12.0 Å². The van der Waals surface area contributed by atoms with Crippen LogP contribution in [0.3, 0.4) is 0 Å². The molecule has 0 bridgehead atoms. The summed E-state index contributed by atoms with van der Waals surface area (Å²) < 4.78 is 5.65. The zero-order valence-corrected chi connectivity index (χ0v) is 21.6. The Morgan fingerprint density at radius 1 is 1.12 bits per heavy atom. The average Bonchev–Trinajstić information content (AvgIpc) is 2.76. The molecule has 0 saturated heterocycles. The van der Waals surface area contributed by atoms with Crippen molar-refractivity contribution >= 4 is 17.5 Å². The van der Waals surface area contributed by atoms with Gasteiger partial charge in [0, 0.05) is 17.7 Å². The molecule has 0 aromatic heterocycles. The van der Waals surface area contributed by atoms with Gasteiger partial charge in [-0.15, -0.1) is 0 Å². The monoisotopic (exact) mass is 468 g/mol. The molecule has 2 atom stereocenters. The first-order valence-electron chi connectivity index (χ1n) is 12.0. The summed E-state index contributed by atoms with van der Waals surface area (Å²) in [5, 5.41) is 13.3. The maximum Gasteiger partial charge on any atom is 0.248 e. The first-order chi connectivity index (χ1) is 15.9. The molecule has 0 aliphatic heterocycles. The van der Waals surface area contributed by atoms with Crippen molar-refractivity contribution in [2.45, 2.75) is 78.2 Å². The van der Waals surface area contributed by atoms with Gasteiger partial charge < -0.3 is 20.9 Å². The van der Waals surface area contributed by atoms with Gasteiger partial charge in [-0.25, -0.2) is 0 Å². The van der Waals surface area contributed by atoms with E-state index in [1.165, 1.54) is 0 Å². The maximum absolute atomic E-state index is 13.3. The number of hydrogen-bond acceptors (Lipinski definition) is 4. The van der Waals surface area contributed by atoms with Crippen LogP contribution < -0.4 is 15.8 Å². The lowest BCUT2D eigenvalue weighted by atomic mass is 9.84. The number of carbonyl (C=O) groups excluding carboxylic acids is 2. The fourth-order valence-corrected chi connectivity index (χ4v) is 4.28. The SMILES string of the molecule is CCC(O)c1ccc(C(CC(=O)Nc2cc(C(N)=O)ccc2C(C)(C)C)CC(C)C)c(OC)c1. The van der Waals surface area contributed by atoms with Crippen LogP contribution in [0.1, 0.15) is 99.9 Å². The molecule has 0 aliphatic rings. The minimum atomic E-state index is -0.553. The number of nitrogens with two attached hydrogens (primary N) is 1. The van der Waals surface area contributed by atoms with Gasteiger partial charge in [0.1, 0.15) is 5.75 Å². The molecule has 2 aromatic rings. The molecule has 6 heteroatoms. The van der Waals surface area contributed by atoms with E-state index in [9.17, 15) is 14.7 Å². The second-order valence-electron chi connectivity index (χ2n) is 10.4. The number of rotatable bonds is 10. The summed E-state index contributed by atoms with van der Waals surface area (Å²) in [5.74, 6) is 0.298. The van der Waals surface area contributed by atoms with E-state index in [4.69, 9.17) is 10.5 Å². The summed E-state index contributed by atoms with van der Waals surface area (Å²) in [5.41, 5.74) is 8.88. The van der Waals surface area contributed by atoms with Crippen molar-refractivity contribution in [3.05, 3.63) is 58.7 Å². The summed E-state index contributed by atoms with van der Waals surface area (Å²) in [6.45, 7) is 12.3. The molecule has 0 spiro atoms. The Kier molecular flexibility index (Phi) is 9.28. The fraction of sp³-hybridized carbons (Fsp3) is 0.500. The molecule has 0 fully saturated rings. The van der Waals surface area contributed by atoms with E-state index >= 15 is 0 Å². The lowest BCUT2D eigenvalue weighted by Gasteiger charge is -2.25. The highest BCUT2D eigenvalue weighted by Gasteiger charge is 2.24. The van der Waals surface area contributed by atoms with Gasteiger partial charge in [0.05, 0.1) is 13.2 Å². The summed E-state index contributed by atoms with van der Waals surface area (Å²) >= 11 is 0. The van der Waals surface area contributed by atoms with Crippen molar-refractivity contribution in [2.75, 3.05) is 12.4 Å². The largest absolute Gasteiger partial charge is 0.496 e. The number of primary amides is 1. The number of hydrogen-bond donors (Lipinski definition) is 3. The van der Waals surface area contributed by atoms with Crippen molar-refractivity contribution in [3.63, 3.8) is 0 Å². The number of benzene rings is 2. The summed E-state index contributed by atoms with van der Waals surface area (Å²) in [6.07, 6.45) is 1.12. The minimum Gasteiger partial charge on any atom is -0.496 e. The molecule has 2 unspecified atom stereocenters. The molecule has 0 radical (unpaired) electrons. The van der Waals surface area contributed by atoms with Gasteiger partial charge in [0.2, 0.25) is 11.8 Å². The number of ether oxygens (including phenoxy) is 1. The maximum atomic E-state index is 13.3. The van der Waals surface area contributed by atoms with Gasteiger partial charge in [0.25, 0.3) is 0 Å². The molecule has 0 aliphatic carbocycles. The Bertz CT molecular complexity index is 1010. The number of amides is 2. The number of methoxy groups -OCH3 is 1. The molecule has 34 heavy (non-hydrogen) atoms. The van der Waals surface area contributed by atoms with E-state index in [0.29, 0.717) is 29.3 Å².